The molecule has 0 N–H and O–H groups in total. The van der Waals surface area contributed by atoms with E-state index < -0.39 is 5.82 Å². The Bertz CT molecular complexity index is 454. The van der Waals surface area contributed by atoms with Gasteiger partial charge in [0.05, 0.1) is 11.1 Å². The van der Waals surface area contributed by atoms with Crippen molar-refractivity contribution in [3.05, 3.63) is 45.9 Å². The van der Waals surface area contributed by atoms with E-state index in [0.29, 0.717) is 22.4 Å². The third-order valence-corrected chi connectivity index (χ3v) is 2.98. The Morgan fingerprint density at radius 1 is 1.44 bits per heavy atom. The number of hydrogen-bond donors (Lipinski definition) is 0. The topological polar surface area (TPSA) is 26.3 Å². The molecule has 0 amide bonds. The molecule has 16 heavy (non-hydrogen) atoms. The van der Waals surface area contributed by atoms with E-state index in [4.69, 9.17) is 4.74 Å². The zero-order chi connectivity index (χ0) is 11.5. The van der Waals surface area contributed by atoms with Crippen LogP contribution in [0.5, 0.6) is 0 Å². The van der Waals surface area contributed by atoms with Gasteiger partial charge in [-0.3, -0.25) is 4.79 Å². The van der Waals surface area contributed by atoms with E-state index in [-0.39, 0.29) is 5.78 Å². The molecule has 0 aromatic heterocycles. The Hall–Kier alpha value is -1.16. The van der Waals surface area contributed by atoms with Crippen molar-refractivity contribution in [2.24, 2.45) is 0 Å². The monoisotopic (exact) mass is 284 g/mol. The van der Waals surface area contributed by atoms with Gasteiger partial charge in [-0.2, -0.15) is 0 Å². The first-order valence-electron chi connectivity index (χ1n) is 5.01. The summed E-state index contributed by atoms with van der Waals surface area (Å²) in [6, 6.07) is 4.31. The lowest BCUT2D eigenvalue weighted by Crippen LogP contribution is -2.11. The van der Waals surface area contributed by atoms with Crippen LogP contribution in [0.2, 0.25) is 0 Å². The lowest BCUT2D eigenvalue weighted by atomic mass is 10.1. The maximum atomic E-state index is 13.2. The third kappa shape index (κ3) is 2.32. The highest BCUT2D eigenvalue weighted by molar-refractivity contribution is 9.10. The van der Waals surface area contributed by atoms with Crippen LogP contribution in [0.1, 0.15) is 23.2 Å². The minimum absolute atomic E-state index is 0.258. The molecular weight excluding hydrogens is 275 g/mol. The van der Waals surface area contributed by atoms with Crippen molar-refractivity contribution in [2.75, 3.05) is 6.61 Å². The van der Waals surface area contributed by atoms with E-state index in [9.17, 15) is 9.18 Å². The number of allylic oxidation sites excluding steroid dienone is 2. The van der Waals surface area contributed by atoms with Crippen LogP contribution in [-0.4, -0.2) is 12.4 Å². The van der Waals surface area contributed by atoms with E-state index in [1.54, 1.807) is 12.1 Å². The van der Waals surface area contributed by atoms with Gasteiger partial charge in [0.25, 0.3) is 0 Å². The highest BCUT2D eigenvalue weighted by Crippen LogP contribution is 2.20. The van der Waals surface area contributed by atoms with Gasteiger partial charge in [0.1, 0.15) is 5.82 Å². The van der Waals surface area contributed by atoms with Crippen molar-refractivity contribution in [2.45, 2.75) is 12.8 Å². The Kier molecular flexibility index (Phi) is 3.39. The quantitative estimate of drug-likeness (QED) is 0.778. The molecule has 0 atom stereocenters. The first kappa shape index (κ1) is 11.3. The maximum absolute atomic E-state index is 13.2. The fourth-order valence-electron chi connectivity index (χ4n) is 1.50. The number of carbonyl (C=O) groups is 1. The number of benzene rings is 1. The van der Waals surface area contributed by atoms with Gasteiger partial charge in [-0.25, -0.2) is 4.39 Å². The smallest absolute Gasteiger partial charge is 0.227 e. The van der Waals surface area contributed by atoms with Crippen LogP contribution in [0.15, 0.2) is 34.5 Å². The summed E-state index contributed by atoms with van der Waals surface area (Å²) >= 11 is 3.04. The molecule has 2 rings (SSSR count). The van der Waals surface area contributed by atoms with E-state index in [1.165, 1.54) is 12.1 Å². The molecule has 0 spiro atoms. The molecular formula is C12H10BrFO2. The Labute approximate surface area is 101 Å². The number of halogens is 2. The van der Waals surface area contributed by atoms with Crippen LogP contribution in [0.3, 0.4) is 0 Å². The van der Waals surface area contributed by atoms with Gasteiger partial charge in [0.15, 0.2) is 5.76 Å². The minimum atomic E-state index is -0.442. The second kappa shape index (κ2) is 4.78. The lowest BCUT2D eigenvalue weighted by Gasteiger charge is -2.13. The van der Waals surface area contributed by atoms with Crippen molar-refractivity contribution in [3.63, 3.8) is 0 Å². The summed E-state index contributed by atoms with van der Waals surface area (Å²) in [7, 11) is 0. The fourth-order valence-corrected chi connectivity index (χ4v) is 1.74. The largest absolute Gasteiger partial charge is 0.490 e. The van der Waals surface area contributed by atoms with Crippen LogP contribution in [0, 0.1) is 5.82 Å². The molecule has 1 aliphatic heterocycles. The number of rotatable bonds is 2. The van der Waals surface area contributed by atoms with Crippen LogP contribution in [0.25, 0.3) is 0 Å². The van der Waals surface area contributed by atoms with Crippen molar-refractivity contribution < 1.29 is 13.9 Å². The third-order valence-electron chi connectivity index (χ3n) is 2.34. The molecule has 0 saturated heterocycles. The molecule has 1 aromatic carbocycles. The number of carbonyl (C=O) groups excluding carboxylic acids is 1. The summed E-state index contributed by atoms with van der Waals surface area (Å²) in [5.74, 6) is -0.374. The standard InChI is InChI=1S/C12H10BrFO2/c13-9-5-4-8(7-10(9)14)12(15)11-3-1-2-6-16-11/h3-5,7H,1-2,6H2. The highest BCUT2D eigenvalue weighted by atomic mass is 79.9. The van der Waals surface area contributed by atoms with Gasteiger partial charge < -0.3 is 4.74 Å². The summed E-state index contributed by atoms with van der Waals surface area (Å²) < 4.78 is 18.8. The molecule has 1 aromatic rings. The van der Waals surface area contributed by atoms with Crippen molar-refractivity contribution in [1.29, 1.82) is 0 Å². The average molecular weight is 285 g/mol. The van der Waals surface area contributed by atoms with Gasteiger partial charge in [0, 0.05) is 5.56 Å². The van der Waals surface area contributed by atoms with Gasteiger partial charge in [-0.1, -0.05) is 0 Å². The predicted octanol–water partition coefficient (Wildman–Crippen LogP) is 3.47. The summed E-state index contributed by atoms with van der Waals surface area (Å²) in [6.07, 6.45) is 3.51. The van der Waals surface area contributed by atoms with Crippen molar-refractivity contribution >= 4 is 21.7 Å². The Morgan fingerprint density at radius 3 is 2.88 bits per heavy atom. The number of ketones is 1. The molecule has 0 fully saturated rings. The molecule has 1 heterocycles. The normalized spacial score (nSPS) is 15.2. The van der Waals surface area contributed by atoms with E-state index >= 15 is 0 Å². The van der Waals surface area contributed by atoms with E-state index in [1.807, 2.05) is 0 Å². The first-order chi connectivity index (χ1) is 7.68. The van der Waals surface area contributed by atoms with E-state index in [0.717, 1.165) is 12.8 Å². The van der Waals surface area contributed by atoms with Crippen LogP contribution in [-0.2, 0) is 4.74 Å². The predicted molar refractivity (Wildman–Crippen MR) is 61.7 cm³/mol. The molecule has 84 valence electrons. The fraction of sp³-hybridized carbons (Fsp3) is 0.250. The maximum Gasteiger partial charge on any atom is 0.227 e. The summed E-state index contributed by atoms with van der Waals surface area (Å²) in [4.78, 5) is 11.9. The van der Waals surface area contributed by atoms with Crippen LogP contribution < -0.4 is 0 Å². The minimum Gasteiger partial charge on any atom is -0.490 e. The number of ether oxygens (including phenoxy) is 1. The molecule has 2 nitrogen and oxygen atoms in total. The molecule has 0 saturated carbocycles. The molecule has 1 aliphatic rings. The zero-order valence-electron chi connectivity index (χ0n) is 8.50. The van der Waals surface area contributed by atoms with Gasteiger partial charge in [0.2, 0.25) is 5.78 Å². The number of hydrogen-bond acceptors (Lipinski definition) is 2. The first-order valence-corrected chi connectivity index (χ1v) is 5.80. The molecule has 0 radical (unpaired) electrons. The Balaban J connectivity index is 2.26. The molecule has 0 aliphatic carbocycles. The highest BCUT2D eigenvalue weighted by Gasteiger charge is 2.17. The van der Waals surface area contributed by atoms with E-state index in [2.05, 4.69) is 15.9 Å². The summed E-state index contributed by atoms with van der Waals surface area (Å²) in [5, 5.41) is 0. The molecule has 0 bridgehead atoms. The van der Waals surface area contributed by atoms with Gasteiger partial charge in [-0.05, 0) is 53.0 Å². The molecule has 0 unspecified atom stereocenters. The lowest BCUT2D eigenvalue weighted by molar-refractivity contribution is 0.0898. The SMILES string of the molecule is O=C(C1=CCCCO1)c1ccc(Br)c(F)c1. The van der Waals surface area contributed by atoms with Gasteiger partial charge in [-0.15, -0.1) is 0 Å². The van der Waals surface area contributed by atoms with Crippen molar-refractivity contribution in [3.8, 4) is 0 Å². The second-order valence-corrected chi connectivity index (χ2v) is 4.37. The second-order valence-electron chi connectivity index (χ2n) is 3.52. The van der Waals surface area contributed by atoms with Crippen LogP contribution >= 0.6 is 15.9 Å². The van der Waals surface area contributed by atoms with Crippen molar-refractivity contribution in [1.82, 2.24) is 0 Å². The average Bonchev–Trinajstić information content (AvgIpc) is 2.33. The van der Waals surface area contributed by atoms with Crippen LogP contribution in [0.4, 0.5) is 4.39 Å². The summed E-state index contributed by atoms with van der Waals surface area (Å²) in [6.45, 7) is 0.552. The van der Waals surface area contributed by atoms with Gasteiger partial charge >= 0.3 is 0 Å². The Morgan fingerprint density at radius 2 is 2.25 bits per heavy atom. The zero-order valence-corrected chi connectivity index (χ0v) is 10.1. The summed E-state index contributed by atoms with van der Waals surface area (Å²) in [5.41, 5.74) is 0.314. The molecule has 4 heteroatoms. The number of Topliss-reactive ketones (excluding diaryl/α,β-unsaturated/α-hetero) is 1.